The number of methoxy groups -OCH3 is 1. The topological polar surface area (TPSA) is 78.9 Å². The van der Waals surface area contributed by atoms with Crippen LogP contribution >= 0.6 is 35.3 Å². The lowest BCUT2D eigenvalue weighted by atomic mass is 10.1. The maximum absolute atomic E-state index is 11.8. The smallest absolute Gasteiger partial charge is 0.248 e. The summed E-state index contributed by atoms with van der Waals surface area (Å²) >= 11 is 1.71. The number of ether oxygens (including phenoxy) is 1. The van der Waals surface area contributed by atoms with Crippen molar-refractivity contribution in [3.05, 3.63) is 15.6 Å². The summed E-state index contributed by atoms with van der Waals surface area (Å²) in [6, 6.07) is 0.322. The number of piperidine rings is 1. The lowest BCUT2D eigenvalue weighted by Gasteiger charge is -2.33. The van der Waals surface area contributed by atoms with Gasteiger partial charge in [-0.3, -0.25) is 9.79 Å². The minimum Gasteiger partial charge on any atom is -0.375 e. The molecule has 2 heterocycles. The van der Waals surface area contributed by atoms with Gasteiger partial charge in [-0.2, -0.15) is 0 Å². The minimum atomic E-state index is 0. The Labute approximate surface area is 170 Å². The van der Waals surface area contributed by atoms with Crippen LogP contribution in [0.5, 0.6) is 0 Å². The zero-order valence-corrected chi connectivity index (χ0v) is 18.4. The van der Waals surface area contributed by atoms with Crippen molar-refractivity contribution in [1.29, 1.82) is 0 Å². The number of nitrogens with one attached hydrogen (secondary N) is 2. The first-order chi connectivity index (χ1) is 11.5. The lowest BCUT2D eigenvalue weighted by molar-refractivity contribution is -0.136. The fourth-order valence-corrected chi connectivity index (χ4v) is 3.52. The van der Waals surface area contributed by atoms with Crippen LogP contribution in [-0.2, 0) is 16.1 Å². The molecule has 0 saturated carbocycles. The number of aryl methyl sites for hydroxylation is 2. The number of aliphatic imine (C=N–C) groups is 1. The summed E-state index contributed by atoms with van der Waals surface area (Å²) in [4.78, 5) is 23.7. The van der Waals surface area contributed by atoms with E-state index in [0.29, 0.717) is 12.6 Å². The predicted octanol–water partition coefficient (Wildman–Crippen LogP) is 1.68. The summed E-state index contributed by atoms with van der Waals surface area (Å²) in [6.07, 6.45) is 1.82. The number of carbonyl (C=O) groups is 1. The predicted molar refractivity (Wildman–Crippen MR) is 112 cm³/mol. The molecule has 1 aliphatic rings. The Morgan fingerprint density at radius 1 is 1.40 bits per heavy atom. The molecule has 0 radical (unpaired) electrons. The Bertz CT molecular complexity index is 566. The van der Waals surface area contributed by atoms with Crippen molar-refractivity contribution >= 4 is 47.2 Å². The number of guanidine groups is 1. The third-order valence-electron chi connectivity index (χ3n) is 4.16. The average Bonchev–Trinajstić information content (AvgIpc) is 2.90. The number of hydrogen-bond donors (Lipinski definition) is 2. The van der Waals surface area contributed by atoms with Gasteiger partial charge in [-0.25, -0.2) is 4.98 Å². The van der Waals surface area contributed by atoms with Gasteiger partial charge in [0.1, 0.15) is 11.6 Å². The van der Waals surface area contributed by atoms with Crippen LogP contribution in [0.25, 0.3) is 0 Å². The van der Waals surface area contributed by atoms with Crippen molar-refractivity contribution in [2.45, 2.75) is 39.3 Å². The summed E-state index contributed by atoms with van der Waals surface area (Å²) in [5.41, 5.74) is 1.09. The molecule has 2 rings (SSSR count). The highest BCUT2D eigenvalue weighted by atomic mass is 127. The highest BCUT2D eigenvalue weighted by Gasteiger charge is 2.23. The zero-order valence-electron chi connectivity index (χ0n) is 15.3. The van der Waals surface area contributed by atoms with Gasteiger partial charge in [-0.15, -0.1) is 35.3 Å². The second-order valence-electron chi connectivity index (χ2n) is 5.91. The average molecular weight is 481 g/mol. The number of likely N-dealkylation sites (tertiary alicyclic amines) is 1. The van der Waals surface area contributed by atoms with Gasteiger partial charge in [0.05, 0.1) is 12.2 Å². The molecule has 1 saturated heterocycles. The molecular formula is C16H28IN5O2S. The van der Waals surface area contributed by atoms with Gasteiger partial charge in [0.25, 0.3) is 0 Å². The number of nitrogens with zero attached hydrogens (tertiary/aromatic N) is 3. The zero-order chi connectivity index (χ0) is 17.5. The summed E-state index contributed by atoms with van der Waals surface area (Å²) in [7, 11) is 3.32. The van der Waals surface area contributed by atoms with E-state index in [9.17, 15) is 4.79 Å². The normalized spacial score (nSPS) is 15.7. The highest BCUT2D eigenvalue weighted by molar-refractivity contribution is 14.0. The first-order valence-electron chi connectivity index (χ1n) is 8.20. The largest absolute Gasteiger partial charge is 0.375 e. The van der Waals surface area contributed by atoms with Gasteiger partial charge in [0, 0.05) is 38.2 Å². The van der Waals surface area contributed by atoms with Crippen LogP contribution in [0.4, 0.5) is 0 Å². The third kappa shape index (κ3) is 6.70. The Hall–Kier alpha value is -0.940. The van der Waals surface area contributed by atoms with Crippen molar-refractivity contribution in [2.75, 3.05) is 33.9 Å². The van der Waals surface area contributed by atoms with Crippen molar-refractivity contribution < 1.29 is 9.53 Å². The Morgan fingerprint density at radius 3 is 2.60 bits per heavy atom. The van der Waals surface area contributed by atoms with Gasteiger partial charge in [0.15, 0.2) is 5.96 Å². The van der Waals surface area contributed by atoms with E-state index in [-0.39, 0.29) is 36.5 Å². The first-order valence-corrected chi connectivity index (χ1v) is 9.02. The van der Waals surface area contributed by atoms with E-state index >= 15 is 0 Å². The second-order valence-corrected chi connectivity index (χ2v) is 7.20. The molecule has 1 amide bonds. The van der Waals surface area contributed by atoms with Crippen LogP contribution in [0.1, 0.15) is 28.4 Å². The Balaban J connectivity index is 0.00000312. The first kappa shape index (κ1) is 22.1. The number of carbonyl (C=O) groups excluding carboxylic acids is 1. The van der Waals surface area contributed by atoms with E-state index in [1.807, 2.05) is 11.8 Å². The van der Waals surface area contributed by atoms with Crippen LogP contribution in [0.3, 0.4) is 0 Å². The van der Waals surface area contributed by atoms with Crippen molar-refractivity contribution in [3.8, 4) is 0 Å². The van der Waals surface area contributed by atoms with Crippen LogP contribution in [0.15, 0.2) is 4.99 Å². The van der Waals surface area contributed by atoms with Gasteiger partial charge in [0.2, 0.25) is 5.91 Å². The van der Waals surface area contributed by atoms with Crippen LogP contribution < -0.4 is 10.6 Å². The number of aromatic nitrogens is 1. The summed E-state index contributed by atoms with van der Waals surface area (Å²) in [5.74, 6) is 0.843. The van der Waals surface area contributed by atoms with Gasteiger partial charge in [-0.1, -0.05) is 0 Å². The number of rotatable bonds is 5. The molecule has 9 heteroatoms. The molecule has 0 aromatic carbocycles. The fourth-order valence-electron chi connectivity index (χ4n) is 2.65. The minimum absolute atomic E-state index is 0. The van der Waals surface area contributed by atoms with Crippen LogP contribution in [0.2, 0.25) is 0 Å². The van der Waals surface area contributed by atoms with Crippen molar-refractivity contribution in [3.63, 3.8) is 0 Å². The maximum atomic E-state index is 11.8. The van der Waals surface area contributed by atoms with Crippen molar-refractivity contribution in [1.82, 2.24) is 20.5 Å². The van der Waals surface area contributed by atoms with Gasteiger partial charge in [-0.05, 0) is 26.7 Å². The standard InChI is InChI=1S/C16H27N5O2S.HI/c1-11-12(2)24-14(19-11)9-18-16(17-3)20-13-5-7-21(8-6-13)15(22)10-23-4;/h13H,5-10H2,1-4H3,(H2,17,18,20);1H. The molecule has 2 N–H and O–H groups in total. The molecular weight excluding hydrogens is 453 g/mol. The molecule has 0 spiro atoms. The Kier molecular flexibility index (Phi) is 9.65. The van der Waals surface area contributed by atoms with Gasteiger partial charge < -0.3 is 20.3 Å². The number of thiazole rings is 1. The van der Waals surface area contributed by atoms with E-state index in [1.54, 1.807) is 25.5 Å². The third-order valence-corrected chi connectivity index (χ3v) is 5.23. The van der Waals surface area contributed by atoms with E-state index in [2.05, 4.69) is 27.5 Å². The van der Waals surface area contributed by atoms with Crippen LogP contribution in [-0.4, -0.2) is 61.6 Å². The number of hydrogen-bond acceptors (Lipinski definition) is 5. The van der Waals surface area contributed by atoms with E-state index in [1.165, 1.54) is 4.88 Å². The highest BCUT2D eigenvalue weighted by Crippen LogP contribution is 2.16. The quantitative estimate of drug-likeness (QED) is 0.380. The summed E-state index contributed by atoms with van der Waals surface area (Å²) in [5, 5.41) is 7.81. The lowest BCUT2D eigenvalue weighted by Crippen LogP contribution is -2.50. The van der Waals surface area contributed by atoms with E-state index < -0.39 is 0 Å². The van der Waals surface area contributed by atoms with E-state index in [4.69, 9.17) is 4.74 Å². The molecule has 1 aromatic rings. The molecule has 0 atom stereocenters. The van der Waals surface area contributed by atoms with E-state index in [0.717, 1.165) is 42.6 Å². The summed E-state index contributed by atoms with van der Waals surface area (Å²) in [6.45, 7) is 6.45. The second kappa shape index (κ2) is 10.9. The molecule has 0 aliphatic carbocycles. The molecule has 1 aliphatic heterocycles. The molecule has 0 unspecified atom stereocenters. The fraction of sp³-hybridized carbons (Fsp3) is 0.688. The molecule has 1 fully saturated rings. The molecule has 7 nitrogen and oxygen atoms in total. The van der Waals surface area contributed by atoms with Crippen molar-refractivity contribution in [2.24, 2.45) is 4.99 Å². The van der Waals surface area contributed by atoms with Crippen LogP contribution in [0, 0.1) is 13.8 Å². The molecule has 142 valence electrons. The molecule has 25 heavy (non-hydrogen) atoms. The Morgan fingerprint density at radius 2 is 2.08 bits per heavy atom. The van der Waals surface area contributed by atoms with Gasteiger partial charge >= 0.3 is 0 Å². The number of halogens is 1. The summed E-state index contributed by atoms with van der Waals surface area (Å²) < 4.78 is 4.91. The number of amides is 1. The SMILES string of the molecule is CN=C(NCc1nc(C)c(C)s1)NC1CCN(C(=O)COC)CC1.I. The molecule has 0 bridgehead atoms. The maximum Gasteiger partial charge on any atom is 0.248 e. The monoisotopic (exact) mass is 481 g/mol. The molecule has 1 aromatic heterocycles.